The van der Waals surface area contributed by atoms with E-state index in [1.807, 2.05) is 18.2 Å². The zero-order valence-corrected chi connectivity index (χ0v) is 14.2. The number of carbonyl (C=O) groups is 1. The summed E-state index contributed by atoms with van der Waals surface area (Å²) in [7, 11) is 0. The summed E-state index contributed by atoms with van der Waals surface area (Å²) < 4.78 is 10.8. The van der Waals surface area contributed by atoms with Crippen molar-refractivity contribution in [1.29, 1.82) is 0 Å². The fraction of sp³-hybridized carbons (Fsp3) is 0.316. The first kappa shape index (κ1) is 16.5. The molecule has 3 aromatic heterocycles. The zero-order chi connectivity index (χ0) is 17.8. The van der Waals surface area contributed by atoms with Gasteiger partial charge in [-0.25, -0.2) is 0 Å². The van der Waals surface area contributed by atoms with Crippen molar-refractivity contribution in [3.8, 4) is 11.5 Å². The first-order valence-electron chi connectivity index (χ1n) is 8.69. The molecule has 0 radical (unpaired) electrons. The number of pyridine rings is 1. The van der Waals surface area contributed by atoms with Crippen LogP contribution in [0.15, 0.2) is 53.4 Å². The molecule has 1 fully saturated rings. The van der Waals surface area contributed by atoms with Crippen LogP contribution in [0.3, 0.4) is 0 Å². The lowest BCUT2D eigenvalue weighted by Crippen LogP contribution is -2.36. The number of hydrogen-bond donors (Lipinski definition) is 2. The Kier molecular flexibility index (Phi) is 4.79. The molecule has 0 aliphatic carbocycles. The van der Waals surface area contributed by atoms with Gasteiger partial charge in [-0.3, -0.25) is 14.9 Å². The van der Waals surface area contributed by atoms with Crippen LogP contribution in [-0.4, -0.2) is 34.3 Å². The van der Waals surface area contributed by atoms with Crippen LogP contribution in [0.1, 0.15) is 34.9 Å². The van der Waals surface area contributed by atoms with Crippen molar-refractivity contribution in [2.45, 2.75) is 18.9 Å². The molecule has 0 unspecified atom stereocenters. The van der Waals surface area contributed by atoms with Gasteiger partial charge in [0.2, 0.25) is 0 Å². The molecule has 1 aliphatic rings. The average molecular weight is 352 g/mol. The maximum Gasteiger partial charge on any atom is 0.272 e. The Labute approximate surface area is 150 Å². The Hall–Kier alpha value is -2.93. The molecular weight excluding hydrogens is 332 g/mol. The summed E-state index contributed by atoms with van der Waals surface area (Å²) in [6, 6.07) is 9.06. The molecule has 1 saturated heterocycles. The Morgan fingerprint density at radius 3 is 2.88 bits per heavy atom. The molecule has 3 aromatic rings. The van der Waals surface area contributed by atoms with Gasteiger partial charge in [-0.1, -0.05) is 6.07 Å². The fourth-order valence-electron chi connectivity index (χ4n) is 3.29. The van der Waals surface area contributed by atoms with Crippen molar-refractivity contribution < 1.29 is 13.9 Å². The number of aromatic nitrogens is 3. The average Bonchev–Trinajstić information content (AvgIpc) is 3.39. The Balaban J connectivity index is 1.54. The molecule has 1 amide bonds. The smallest absolute Gasteiger partial charge is 0.272 e. The maximum absolute atomic E-state index is 12.8. The van der Waals surface area contributed by atoms with Gasteiger partial charge in [0.05, 0.1) is 12.3 Å². The minimum absolute atomic E-state index is 0.121. The first-order valence-corrected chi connectivity index (χ1v) is 8.69. The summed E-state index contributed by atoms with van der Waals surface area (Å²) in [6.07, 6.45) is 6.92. The summed E-state index contributed by atoms with van der Waals surface area (Å²) in [4.78, 5) is 17.0. The Bertz CT molecular complexity index is 839. The summed E-state index contributed by atoms with van der Waals surface area (Å²) in [5.41, 5.74) is 2.00. The van der Waals surface area contributed by atoms with Gasteiger partial charge >= 0.3 is 0 Å². The summed E-state index contributed by atoms with van der Waals surface area (Å²) in [6.45, 7) is 1.42. The predicted molar refractivity (Wildman–Crippen MR) is 94.3 cm³/mol. The third-order valence-corrected chi connectivity index (χ3v) is 4.66. The third-order valence-electron chi connectivity index (χ3n) is 4.66. The number of H-pyrrole nitrogens is 1. The van der Waals surface area contributed by atoms with Crippen LogP contribution in [-0.2, 0) is 4.74 Å². The van der Waals surface area contributed by atoms with Crippen LogP contribution in [0.4, 0.5) is 0 Å². The molecular formula is C19H20N4O3. The SMILES string of the molecule is O=C(N[C@H](c1cccnc1)C1CCOCC1)c1cc(-c2ccco2)[nH]n1. The minimum atomic E-state index is -0.223. The molecule has 4 heterocycles. The van der Waals surface area contributed by atoms with Crippen LogP contribution in [0.5, 0.6) is 0 Å². The molecule has 7 heteroatoms. The van der Waals surface area contributed by atoms with E-state index < -0.39 is 0 Å². The normalized spacial score (nSPS) is 16.3. The van der Waals surface area contributed by atoms with Gasteiger partial charge in [0, 0.05) is 31.7 Å². The van der Waals surface area contributed by atoms with Crippen LogP contribution < -0.4 is 5.32 Å². The van der Waals surface area contributed by atoms with Crippen molar-refractivity contribution >= 4 is 5.91 Å². The molecule has 0 spiro atoms. The van der Waals surface area contributed by atoms with Gasteiger partial charge in [0.1, 0.15) is 5.69 Å². The Morgan fingerprint density at radius 2 is 2.15 bits per heavy atom. The molecule has 0 saturated carbocycles. The monoisotopic (exact) mass is 352 g/mol. The second kappa shape index (κ2) is 7.53. The standard InChI is InChI=1S/C19H20N4O3/c24-19(16-11-15(22-23-16)17-4-2-8-26-17)21-18(13-5-9-25-10-6-13)14-3-1-7-20-12-14/h1-4,7-8,11-13,18H,5-6,9-10H2,(H,21,24)(H,22,23)/t18-/m0/s1. The highest BCUT2D eigenvalue weighted by molar-refractivity contribution is 5.93. The molecule has 0 bridgehead atoms. The van der Waals surface area contributed by atoms with Gasteiger partial charge in [-0.15, -0.1) is 0 Å². The number of amides is 1. The quantitative estimate of drug-likeness (QED) is 0.736. The van der Waals surface area contributed by atoms with E-state index in [0.717, 1.165) is 18.4 Å². The number of hydrogen-bond acceptors (Lipinski definition) is 5. The van der Waals surface area contributed by atoms with E-state index in [0.29, 0.717) is 36.3 Å². The maximum atomic E-state index is 12.8. The number of carbonyl (C=O) groups excluding carboxylic acids is 1. The van der Waals surface area contributed by atoms with E-state index in [-0.39, 0.29) is 11.9 Å². The highest BCUT2D eigenvalue weighted by Gasteiger charge is 2.28. The molecule has 134 valence electrons. The second-order valence-corrected chi connectivity index (χ2v) is 6.33. The number of aromatic amines is 1. The molecule has 26 heavy (non-hydrogen) atoms. The fourth-order valence-corrected chi connectivity index (χ4v) is 3.29. The summed E-state index contributed by atoms with van der Waals surface area (Å²) in [5, 5.41) is 10.1. The number of ether oxygens (including phenoxy) is 1. The topological polar surface area (TPSA) is 93.0 Å². The van der Waals surface area contributed by atoms with Crippen molar-refractivity contribution in [2.24, 2.45) is 5.92 Å². The number of rotatable bonds is 5. The van der Waals surface area contributed by atoms with Crippen LogP contribution >= 0.6 is 0 Å². The van der Waals surface area contributed by atoms with Crippen molar-refractivity contribution in [3.63, 3.8) is 0 Å². The lowest BCUT2D eigenvalue weighted by atomic mass is 9.87. The number of furan rings is 1. The molecule has 2 N–H and O–H groups in total. The largest absolute Gasteiger partial charge is 0.463 e. The van der Waals surface area contributed by atoms with E-state index in [9.17, 15) is 4.79 Å². The van der Waals surface area contributed by atoms with E-state index in [2.05, 4.69) is 20.5 Å². The lowest BCUT2D eigenvalue weighted by Gasteiger charge is -2.31. The summed E-state index contributed by atoms with van der Waals surface area (Å²) >= 11 is 0. The van der Waals surface area contributed by atoms with Crippen molar-refractivity contribution in [1.82, 2.24) is 20.5 Å². The third kappa shape index (κ3) is 3.52. The lowest BCUT2D eigenvalue weighted by molar-refractivity contribution is 0.0513. The molecule has 1 aliphatic heterocycles. The molecule has 0 aromatic carbocycles. The van der Waals surface area contributed by atoms with Crippen LogP contribution in [0.25, 0.3) is 11.5 Å². The Morgan fingerprint density at radius 1 is 1.27 bits per heavy atom. The highest BCUT2D eigenvalue weighted by atomic mass is 16.5. The molecule has 4 rings (SSSR count). The van der Waals surface area contributed by atoms with Gasteiger partial charge in [0.15, 0.2) is 11.5 Å². The number of nitrogens with zero attached hydrogens (tertiary/aromatic N) is 2. The zero-order valence-electron chi connectivity index (χ0n) is 14.2. The first-order chi connectivity index (χ1) is 12.8. The molecule has 7 nitrogen and oxygen atoms in total. The van der Waals surface area contributed by atoms with Gasteiger partial charge < -0.3 is 14.5 Å². The second-order valence-electron chi connectivity index (χ2n) is 6.33. The van der Waals surface area contributed by atoms with Gasteiger partial charge in [-0.05, 0) is 42.5 Å². The number of nitrogens with one attached hydrogen (secondary N) is 2. The van der Waals surface area contributed by atoms with Gasteiger partial charge in [-0.2, -0.15) is 5.10 Å². The summed E-state index contributed by atoms with van der Waals surface area (Å²) in [5.74, 6) is 0.726. The minimum Gasteiger partial charge on any atom is -0.463 e. The predicted octanol–water partition coefficient (Wildman–Crippen LogP) is 2.96. The van der Waals surface area contributed by atoms with Crippen molar-refractivity contribution in [3.05, 3.63) is 60.2 Å². The van der Waals surface area contributed by atoms with Crippen molar-refractivity contribution in [2.75, 3.05) is 13.2 Å². The van der Waals surface area contributed by atoms with E-state index >= 15 is 0 Å². The van der Waals surface area contributed by atoms with E-state index in [4.69, 9.17) is 9.15 Å². The highest BCUT2D eigenvalue weighted by Crippen LogP contribution is 2.30. The van der Waals surface area contributed by atoms with Crippen LogP contribution in [0, 0.1) is 5.92 Å². The van der Waals surface area contributed by atoms with Crippen LogP contribution in [0.2, 0.25) is 0 Å². The van der Waals surface area contributed by atoms with E-state index in [1.165, 1.54) is 0 Å². The van der Waals surface area contributed by atoms with E-state index in [1.54, 1.807) is 30.8 Å². The molecule has 1 atom stereocenters. The van der Waals surface area contributed by atoms with Gasteiger partial charge in [0.25, 0.3) is 5.91 Å².